The molecule has 10 heteroatoms. The SMILES string of the molecule is CC(C)c1ccc(CO[C@@H]2CCCC2Nc2ncnc3c2ncn3[C@@H]2O[C@H](CO)[C@@H](O)[C@H]2O)cc1. The summed E-state index contributed by atoms with van der Waals surface area (Å²) >= 11 is 0. The first kappa shape index (κ1) is 24.1. The van der Waals surface area contributed by atoms with Crippen LogP contribution < -0.4 is 5.32 Å². The highest BCUT2D eigenvalue weighted by molar-refractivity contribution is 5.82. The number of aliphatic hydroxyl groups is 3. The van der Waals surface area contributed by atoms with Crippen LogP contribution >= 0.6 is 0 Å². The van der Waals surface area contributed by atoms with Gasteiger partial charge in [0.15, 0.2) is 23.2 Å². The number of anilines is 1. The van der Waals surface area contributed by atoms with E-state index in [2.05, 4.69) is 58.4 Å². The van der Waals surface area contributed by atoms with Crippen molar-refractivity contribution in [1.82, 2.24) is 19.5 Å². The van der Waals surface area contributed by atoms with Gasteiger partial charge in [0.1, 0.15) is 24.6 Å². The van der Waals surface area contributed by atoms with Crippen LogP contribution in [0.4, 0.5) is 5.82 Å². The van der Waals surface area contributed by atoms with Crippen LogP contribution in [0.15, 0.2) is 36.9 Å². The lowest BCUT2D eigenvalue weighted by Gasteiger charge is -2.22. The zero-order valence-electron chi connectivity index (χ0n) is 20.0. The Kier molecular flexibility index (Phi) is 6.99. The molecule has 3 heterocycles. The number of hydrogen-bond donors (Lipinski definition) is 4. The number of hydrogen-bond acceptors (Lipinski definition) is 9. The van der Waals surface area contributed by atoms with E-state index in [1.165, 1.54) is 18.2 Å². The smallest absolute Gasteiger partial charge is 0.167 e. The summed E-state index contributed by atoms with van der Waals surface area (Å²) in [6.45, 7) is 4.53. The van der Waals surface area contributed by atoms with Gasteiger partial charge in [0, 0.05) is 0 Å². The molecule has 1 saturated heterocycles. The van der Waals surface area contributed by atoms with Gasteiger partial charge in [0.2, 0.25) is 0 Å². The zero-order chi connectivity index (χ0) is 24.5. The maximum Gasteiger partial charge on any atom is 0.167 e. The summed E-state index contributed by atoms with van der Waals surface area (Å²) in [7, 11) is 0. The van der Waals surface area contributed by atoms with Crippen molar-refractivity contribution in [3.63, 3.8) is 0 Å². The molecule has 2 aliphatic rings. The van der Waals surface area contributed by atoms with E-state index in [4.69, 9.17) is 9.47 Å². The standard InChI is InChI=1S/C25H33N5O5/c1-14(2)16-8-6-15(7-9-16)11-34-18-5-3-4-17(18)29-23-20-24(27-12-26-23)30(13-28-20)25-22(33)21(32)19(10-31)35-25/h6-9,12-14,17-19,21-22,25,31-33H,3-5,10-11H2,1-2H3,(H,26,27,29)/t17?,18-,19-,21-,22-,25-/m1/s1. The molecule has 0 bridgehead atoms. The van der Waals surface area contributed by atoms with Crippen LogP contribution in [-0.2, 0) is 16.1 Å². The summed E-state index contributed by atoms with van der Waals surface area (Å²) in [4.78, 5) is 13.2. The maximum absolute atomic E-state index is 10.4. The molecule has 2 aromatic heterocycles. The fraction of sp³-hybridized carbons (Fsp3) is 0.560. The summed E-state index contributed by atoms with van der Waals surface area (Å²) in [5.74, 6) is 1.09. The minimum atomic E-state index is -1.21. The summed E-state index contributed by atoms with van der Waals surface area (Å²) < 4.78 is 13.5. The Morgan fingerprint density at radius 2 is 1.91 bits per heavy atom. The third-order valence-electron chi connectivity index (χ3n) is 7.04. The van der Waals surface area contributed by atoms with Crippen molar-refractivity contribution >= 4 is 17.0 Å². The van der Waals surface area contributed by atoms with Crippen LogP contribution in [-0.4, -0.2) is 71.9 Å². The first-order valence-corrected chi connectivity index (χ1v) is 12.2. The number of ether oxygens (including phenoxy) is 2. The number of rotatable bonds is 8. The van der Waals surface area contributed by atoms with Crippen molar-refractivity contribution in [2.24, 2.45) is 0 Å². The molecule has 5 rings (SSSR count). The maximum atomic E-state index is 10.4. The van der Waals surface area contributed by atoms with Crippen LogP contribution in [0.2, 0.25) is 0 Å². The first-order valence-electron chi connectivity index (χ1n) is 12.2. The van der Waals surface area contributed by atoms with Gasteiger partial charge in [-0.25, -0.2) is 15.0 Å². The van der Waals surface area contributed by atoms with E-state index < -0.39 is 31.1 Å². The monoisotopic (exact) mass is 483 g/mol. The molecule has 2 fully saturated rings. The number of nitrogens with one attached hydrogen (secondary N) is 1. The number of fused-ring (bicyclic) bond motifs is 1. The Morgan fingerprint density at radius 3 is 2.63 bits per heavy atom. The molecule has 0 amide bonds. The average molecular weight is 484 g/mol. The van der Waals surface area contributed by atoms with Crippen molar-refractivity contribution in [2.45, 2.75) is 82.3 Å². The minimum Gasteiger partial charge on any atom is -0.394 e. The molecular weight excluding hydrogens is 450 g/mol. The summed E-state index contributed by atoms with van der Waals surface area (Å²) in [5, 5.41) is 33.4. The predicted octanol–water partition coefficient (Wildman–Crippen LogP) is 2.11. The highest BCUT2D eigenvalue weighted by Crippen LogP contribution is 2.33. The van der Waals surface area contributed by atoms with E-state index in [1.54, 1.807) is 4.57 Å². The third-order valence-corrected chi connectivity index (χ3v) is 7.04. The van der Waals surface area contributed by atoms with Crippen LogP contribution in [0.3, 0.4) is 0 Å². The molecule has 188 valence electrons. The normalized spacial score (nSPS) is 28.9. The fourth-order valence-corrected chi connectivity index (χ4v) is 4.92. The van der Waals surface area contributed by atoms with Gasteiger partial charge in [-0.3, -0.25) is 4.57 Å². The van der Waals surface area contributed by atoms with Crippen molar-refractivity contribution < 1.29 is 24.8 Å². The first-order chi connectivity index (χ1) is 17.0. The minimum absolute atomic E-state index is 0.0484. The average Bonchev–Trinajstić information content (AvgIpc) is 3.57. The van der Waals surface area contributed by atoms with Gasteiger partial charge in [-0.1, -0.05) is 38.1 Å². The second kappa shape index (κ2) is 10.2. The van der Waals surface area contributed by atoms with Gasteiger partial charge in [0.25, 0.3) is 0 Å². The zero-order valence-corrected chi connectivity index (χ0v) is 20.0. The Balaban J connectivity index is 1.28. The molecule has 1 aliphatic carbocycles. The Hall–Kier alpha value is -2.63. The molecule has 4 N–H and O–H groups in total. The lowest BCUT2D eigenvalue weighted by molar-refractivity contribution is -0.0511. The molecule has 6 atom stereocenters. The van der Waals surface area contributed by atoms with Crippen molar-refractivity contribution in [3.8, 4) is 0 Å². The molecule has 1 saturated carbocycles. The highest BCUT2D eigenvalue weighted by atomic mass is 16.6. The molecule has 1 aromatic carbocycles. The van der Waals surface area contributed by atoms with Gasteiger partial charge < -0.3 is 30.1 Å². The van der Waals surface area contributed by atoms with E-state index in [0.717, 1.165) is 24.8 Å². The lowest BCUT2D eigenvalue weighted by atomic mass is 10.0. The molecular formula is C25H33N5O5. The second-order valence-electron chi connectivity index (χ2n) is 9.70. The number of aliphatic hydroxyl groups excluding tert-OH is 3. The van der Waals surface area contributed by atoms with Gasteiger partial charge in [0.05, 0.1) is 31.7 Å². The van der Waals surface area contributed by atoms with E-state index >= 15 is 0 Å². The molecule has 35 heavy (non-hydrogen) atoms. The molecule has 10 nitrogen and oxygen atoms in total. The predicted molar refractivity (Wildman–Crippen MR) is 129 cm³/mol. The molecule has 0 spiro atoms. The molecule has 0 radical (unpaired) electrons. The Morgan fingerprint density at radius 1 is 1.11 bits per heavy atom. The van der Waals surface area contributed by atoms with Crippen molar-refractivity contribution in [3.05, 3.63) is 48.0 Å². The van der Waals surface area contributed by atoms with E-state index in [-0.39, 0.29) is 12.1 Å². The highest BCUT2D eigenvalue weighted by Gasteiger charge is 2.44. The van der Waals surface area contributed by atoms with Crippen LogP contribution in [0.5, 0.6) is 0 Å². The largest absolute Gasteiger partial charge is 0.394 e. The topological polar surface area (TPSA) is 135 Å². The van der Waals surface area contributed by atoms with Crippen molar-refractivity contribution in [1.29, 1.82) is 0 Å². The number of aromatic nitrogens is 4. The quantitative estimate of drug-likeness (QED) is 0.380. The van der Waals surface area contributed by atoms with E-state index in [1.807, 2.05) is 0 Å². The molecule has 1 unspecified atom stereocenters. The summed E-state index contributed by atoms with van der Waals surface area (Å²) in [6.07, 6.45) is 1.79. The molecule has 3 aromatic rings. The van der Waals surface area contributed by atoms with Crippen LogP contribution in [0.1, 0.15) is 56.4 Å². The Bertz CT molecular complexity index is 1140. The van der Waals surface area contributed by atoms with E-state index in [0.29, 0.717) is 29.5 Å². The van der Waals surface area contributed by atoms with Crippen LogP contribution in [0, 0.1) is 0 Å². The summed E-state index contributed by atoms with van der Waals surface area (Å²) in [5.41, 5.74) is 3.48. The van der Waals surface area contributed by atoms with Gasteiger partial charge >= 0.3 is 0 Å². The van der Waals surface area contributed by atoms with E-state index in [9.17, 15) is 15.3 Å². The third kappa shape index (κ3) is 4.76. The fourth-order valence-electron chi connectivity index (χ4n) is 4.92. The van der Waals surface area contributed by atoms with Gasteiger partial charge in [-0.2, -0.15) is 0 Å². The number of imidazole rings is 1. The summed E-state index contributed by atoms with van der Waals surface area (Å²) in [6, 6.07) is 8.67. The number of benzene rings is 1. The van der Waals surface area contributed by atoms with Crippen molar-refractivity contribution in [2.75, 3.05) is 11.9 Å². The number of nitrogens with zero attached hydrogens (tertiary/aromatic N) is 4. The van der Waals surface area contributed by atoms with Crippen LogP contribution in [0.25, 0.3) is 11.2 Å². The Labute approximate surface area is 204 Å². The van der Waals surface area contributed by atoms with Gasteiger partial charge in [-0.05, 0) is 36.3 Å². The van der Waals surface area contributed by atoms with Gasteiger partial charge in [-0.15, -0.1) is 0 Å². The second-order valence-corrected chi connectivity index (χ2v) is 9.70. The lowest BCUT2D eigenvalue weighted by Crippen LogP contribution is -2.33. The molecule has 1 aliphatic heterocycles.